The zero-order chi connectivity index (χ0) is 22.9. The van der Waals surface area contributed by atoms with E-state index in [2.05, 4.69) is 10.6 Å². The average molecular weight is 431 g/mol. The van der Waals surface area contributed by atoms with Crippen molar-refractivity contribution in [1.82, 2.24) is 10.6 Å². The summed E-state index contributed by atoms with van der Waals surface area (Å²) in [6.45, 7) is 11.5. The molecule has 176 valence electrons. The van der Waals surface area contributed by atoms with Crippen LogP contribution in [0, 0.1) is 11.8 Å². The summed E-state index contributed by atoms with van der Waals surface area (Å²) < 4.78 is 10.3. The lowest BCUT2D eigenvalue weighted by molar-refractivity contribution is 0.0491. The summed E-state index contributed by atoms with van der Waals surface area (Å²) >= 11 is 0. The van der Waals surface area contributed by atoms with Gasteiger partial charge in [-0.1, -0.05) is 0 Å². The first-order valence-electron chi connectivity index (χ1n) is 11.0. The molecule has 2 fully saturated rings. The molecule has 0 bridgehead atoms. The number of hydrogen-bond acceptors (Lipinski definition) is 6. The number of hydrogen-bond donors (Lipinski definition) is 4. The fourth-order valence-electron chi connectivity index (χ4n) is 3.69. The molecule has 0 saturated heterocycles. The lowest BCUT2D eigenvalue weighted by Crippen LogP contribution is -2.38. The van der Waals surface area contributed by atoms with Gasteiger partial charge in [0.05, 0.1) is 0 Å². The maximum Gasteiger partial charge on any atom is 0.407 e. The number of aliphatic hydroxyl groups is 2. The number of amides is 2. The number of ether oxygens (including phenoxy) is 2. The molecule has 2 rings (SSSR count). The van der Waals surface area contributed by atoms with E-state index >= 15 is 0 Å². The van der Waals surface area contributed by atoms with Crippen LogP contribution in [-0.2, 0) is 9.47 Å². The number of carbonyl (C=O) groups excluding carboxylic acids is 2. The second-order valence-electron chi connectivity index (χ2n) is 10.4. The first kappa shape index (κ1) is 26.5. The first-order chi connectivity index (χ1) is 13.8. The topological polar surface area (TPSA) is 117 Å². The molecule has 0 spiro atoms. The molecule has 0 aromatic carbocycles. The van der Waals surface area contributed by atoms with Gasteiger partial charge in [-0.05, 0) is 91.9 Å². The van der Waals surface area contributed by atoms with Crippen LogP contribution < -0.4 is 10.6 Å². The van der Waals surface area contributed by atoms with Gasteiger partial charge in [-0.3, -0.25) is 0 Å². The molecule has 0 heterocycles. The number of alkyl carbamates (subject to hydrolysis) is 2. The summed E-state index contributed by atoms with van der Waals surface area (Å²) in [7, 11) is 0. The number of aliphatic hydroxyl groups excluding tert-OH is 2. The van der Waals surface area contributed by atoms with Crippen molar-refractivity contribution in [1.29, 1.82) is 0 Å². The summed E-state index contributed by atoms with van der Waals surface area (Å²) in [5, 5.41) is 23.6. The lowest BCUT2D eigenvalue weighted by atomic mass is 10.1. The van der Waals surface area contributed by atoms with Crippen LogP contribution >= 0.6 is 0 Å². The molecule has 0 unspecified atom stereocenters. The standard InChI is InChI=1S/2C11H21NO3/c2*1-11(2,3)15-10(14)12-9-5-4-8(6-9)7-13/h2*8-9,13H,4-7H2,1-3H3,(H,12,14)/t2*8-,9-/m10/s1. The Balaban J connectivity index is 0.000000300. The third-order valence-corrected chi connectivity index (χ3v) is 5.04. The van der Waals surface area contributed by atoms with Crippen molar-refractivity contribution in [2.24, 2.45) is 11.8 Å². The maximum absolute atomic E-state index is 11.4. The van der Waals surface area contributed by atoms with Crippen LogP contribution in [0.5, 0.6) is 0 Å². The molecule has 2 amide bonds. The van der Waals surface area contributed by atoms with Crippen LogP contribution in [0.1, 0.15) is 80.1 Å². The van der Waals surface area contributed by atoms with E-state index in [9.17, 15) is 9.59 Å². The Bertz CT molecular complexity index is 493. The van der Waals surface area contributed by atoms with Crippen LogP contribution in [0.25, 0.3) is 0 Å². The summed E-state index contributed by atoms with van der Waals surface area (Å²) in [5.74, 6) is 0.676. The largest absolute Gasteiger partial charge is 0.444 e. The second kappa shape index (κ2) is 11.7. The summed E-state index contributed by atoms with van der Waals surface area (Å²) in [6, 6.07) is 0.328. The Morgan fingerprint density at radius 2 is 1.07 bits per heavy atom. The van der Waals surface area contributed by atoms with Crippen LogP contribution in [0.2, 0.25) is 0 Å². The minimum Gasteiger partial charge on any atom is -0.444 e. The zero-order valence-electron chi connectivity index (χ0n) is 19.5. The van der Waals surface area contributed by atoms with E-state index in [4.69, 9.17) is 19.7 Å². The van der Waals surface area contributed by atoms with Gasteiger partial charge >= 0.3 is 12.2 Å². The molecule has 8 nitrogen and oxygen atoms in total. The molecule has 2 aliphatic carbocycles. The monoisotopic (exact) mass is 430 g/mol. The second-order valence-corrected chi connectivity index (χ2v) is 10.4. The molecule has 0 radical (unpaired) electrons. The van der Waals surface area contributed by atoms with Gasteiger partial charge in [0.1, 0.15) is 11.2 Å². The molecule has 30 heavy (non-hydrogen) atoms. The highest BCUT2D eigenvalue weighted by Crippen LogP contribution is 2.26. The van der Waals surface area contributed by atoms with E-state index in [-0.39, 0.29) is 37.5 Å². The fourth-order valence-corrected chi connectivity index (χ4v) is 3.69. The highest BCUT2D eigenvalue weighted by Gasteiger charge is 2.28. The number of carbonyl (C=O) groups is 2. The molecular formula is C22H42N2O6. The van der Waals surface area contributed by atoms with Crippen LogP contribution in [0.3, 0.4) is 0 Å². The van der Waals surface area contributed by atoms with Crippen LogP contribution in [0.4, 0.5) is 9.59 Å². The fraction of sp³-hybridized carbons (Fsp3) is 0.909. The van der Waals surface area contributed by atoms with Gasteiger partial charge in [-0.2, -0.15) is 0 Å². The Hall–Kier alpha value is -1.54. The number of rotatable bonds is 4. The SMILES string of the molecule is CC(C)(C)OC(=O)N[C@@H]1CC[C@@H](CO)C1.CC(C)(C)OC(=O)N[C@H]1CC[C@H](CO)C1. The third-order valence-electron chi connectivity index (χ3n) is 5.04. The summed E-state index contributed by atoms with van der Waals surface area (Å²) in [6.07, 6.45) is 4.84. The minimum atomic E-state index is -0.445. The Morgan fingerprint density at radius 1 is 0.733 bits per heavy atom. The summed E-state index contributed by atoms with van der Waals surface area (Å²) in [5.41, 5.74) is -0.891. The Labute approximate surface area is 181 Å². The molecule has 4 N–H and O–H groups in total. The normalized spacial score (nSPS) is 26.4. The van der Waals surface area contributed by atoms with Crippen LogP contribution in [-0.4, -0.2) is 58.9 Å². The molecule has 4 atom stereocenters. The Morgan fingerprint density at radius 3 is 1.30 bits per heavy atom. The molecular weight excluding hydrogens is 388 g/mol. The molecule has 8 heteroatoms. The molecule has 0 aromatic heterocycles. The van der Waals surface area contributed by atoms with Crippen molar-refractivity contribution in [2.45, 2.75) is 103 Å². The van der Waals surface area contributed by atoms with Gasteiger partial charge in [0.15, 0.2) is 0 Å². The van der Waals surface area contributed by atoms with Gasteiger partial charge in [0.25, 0.3) is 0 Å². The van der Waals surface area contributed by atoms with Crippen molar-refractivity contribution in [3.8, 4) is 0 Å². The van der Waals surface area contributed by atoms with Gasteiger partial charge in [0.2, 0.25) is 0 Å². The minimum absolute atomic E-state index is 0.164. The van der Waals surface area contributed by atoms with E-state index in [0.717, 1.165) is 38.5 Å². The van der Waals surface area contributed by atoms with E-state index in [1.807, 2.05) is 41.5 Å². The smallest absolute Gasteiger partial charge is 0.407 e. The van der Waals surface area contributed by atoms with Gasteiger partial charge in [0, 0.05) is 25.3 Å². The number of nitrogens with one attached hydrogen (secondary N) is 2. The van der Waals surface area contributed by atoms with Gasteiger partial charge in [-0.25, -0.2) is 9.59 Å². The van der Waals surface area contributed by atoms with Crippen molar-refractivity contribution < 1.29 is 29.3 Å². The van der Waals surface area contributed by atoms with Crippen molar-refractivity contribution in [2.75, 3.05) is 13.2 Å². The predicted octanol–water partition coefficient (Wildman–Crippen LogP) is 3.34. The van der Waals surface area contributed by atoms with Crippen LogP contribution in [0.15, 0.2) is 0 Å². The quantitative estimate of drug-likeness (QED) is 0.543. The van der Waals surface area contributed by atoms with Crippen molar-refractivity contribution >= 4 is 12.2 Å². The highest BCUT2D eigenvalue weighted by molar-refractivity contribution is 5.68. The van der Waals surface area contributed by atoms with E-state index < -0.39 is 11.2 Å². The molecule has 2 aliphatic rings. The molecule has 0 aliphatic heterocycles. The van der Waals surface area contributed by atoms with E-state index in [1.54, 1.807) is 0 Å². The maximum atomic E-state index is 11.4. The summed E-state index contributed by atoms with van der Waals surface area (Å²) in [4.78, 5) is 22.8. The third kappa shape index (κ3) is 11.6. The zero-order valence-corrected chi connectivity index (χ0v) is 19.5. The lowest BCUT2D eigenvalue weighted by Gasteiger charge is -2.21. The molecule has 2 saturated carbocycles. The Kier molecular flexibility index (Phi) is 10.4. The van der Waals surface area contributed by atoms with Crippen molar-refractivity contribution in [3.05, 3.63) is 0 Å². The molecule has 0 aromatic rings. The van der Waals surface area contributed by atoms with Gasteiger partial charge < -0.3 is 30.3 Å². The first-order valence-corrected chi connectivity index (χ1v) is 11.0. The predicted molar refractivity (Wildman–Crippen MR) is 115 cm³/mol. The van der Waals surface area contributed by atoms with E-state index in [1.165, 1.54) is 0 Å². The van der Waals surface area contributed by atoms with Gasteiger partial charge in [-0.15, -0.1) is 0 Å². The van der Waals surface area contributed by atoms with Crippen molar-refractivity contribution in [3.63, 3.8) is 0 Å². The highest BCUT2D eigenvalue weighted by atomic mass is 16.6. The van der Waals surface area contributed by atoms with E-state index in [0.29, 0.717) is 11.8 Å². The average Bonchev–Trinajstić information content (AvgIpc) is 3.20.